The third-order valence-electron chi connectivity index (χ3n) is 3.54. The molecule has 1 heterocycles. The Kier molecular flexibility index (Phi) is 4.67. The van der Waals surface area contributed by atoms with E-state index in [-0.39, 0.29) is 11.9 Å². The second-order valence-electron chi connectivity index (χ2n) is 4.91. The van der Waals surface area contributed by atoms with Crippen LogP contribution in [0.15, 0.2) is 18.2 Å². The number of benzene rings is 1. The smallest absolute Gasteiger partial charge is 0.340 e. The van der Waals surface area contributed by atoms with E-state index in [1.165, 1.54) is 0 Å². The van der Waals surface area contributed by atoms with Gasteiger partial charge in [0.1, 0.15) is 6.04 Å². The van der Waals surface area contributed by atoms with Gasteiger partial charge in [-0.3, -0.25) is 4.79 Å². The highest BCUT2D eigenvalue weighted by Crippen LogP contribution is 2.27. The molecule has 2 rings (SSSR count). The Morgan fingerprint density at radius 3 is 2.90 bits per heavy atom. The zero-order chi connectivity index (χ0) is 15.4. The normalized spacial score (nSPS) is 18.3. The number of nitrogens with two attached hydrogens (primary N) is 1. The number of nitrogens with zero attached hydrogens (tertiary/aromatic N) is 1. The van der Waals surface area contributed by atoms with Gasteiger partial charge in [0.2, 0.25) is 5.91 Å². The van der Waals surface area contributed by atoms with Gasteiger partial charge in [-0.05, 0) is 31.5 Å². The van der Waals surface area contributed by atoms with Gasteiger partial charge in [0.05, 0.1) is 17.9 Å². The van der Waals surface area contributed by atoms with E-state index in [0.29, 0.717) is 43.1 Å². The van der Waals surface area contributed by atoms with Crippen LogP contribution >= 0.6 is 0 Å². The Balaban J connectivity index is 2.42. The van der Waals surface area contributed by atoms with E-state index in [1.54, 1.807) is 25.1 Å². The fraction of sp³-hybridized carbons (Fsp3) is 0.467. The number of carbonyl (C=O) groups excluding carboxylic acids is 2. The zero-order valence-corrected chi connectivity index (χ0v) is 12.4. The van der Waals surface area contributed by atoms with Crippen LogP contribution in [-0.4, -0.2) is 37.6 Å². The van der Waals surface area contributed by atoms with Gasteiger partial charge in [-0.1, -0.05) is 6.92 Å². The number of piperazine rings is 1. The summed E-state index contributed by atoms with van der Waals surface area (Å²) < 4.78 is 5.09. The molecular weight excluding hydrogens is 270 g/mol. The fourth-order valence-corrected chi connectivity index (χ4v) is 2.59. The first-order valence-electron chi connectivity index (χ1n) is 7.19. The standard InChI is InChI=1S/C15H21N3O3/c1-3-12-14(19)17-7-8-18(12)13-6-5-10(16)9-11(13)15(20)21-4-2/h5-6,9,12H,3-4,7-8,16H2,1-2H3,(H,17,19). The van der Waals surface area contributed by atoms with Crippen LogP contribution in [0.1, 0.15) is 30.6 Å². The molecule has 1 unspecified atom stereocenters. The van der Waals surface area contributed by atoms with Gasteiger partial charge in [0, 0.05) is 18.8 Å². The van der Waals surface area contributed by atoms with Crippen molar-refractivity contribution in [2.24, 2.45) is 0 Å². The Morgan fingerprint density at radius 2 is 2.24 bits per heavy atom. The number of anilines is 2. The van der Waals surface area contributed by atoms with Crippen molar-refractivity contribution in [3.8, 4) is 0 Å². The van der Waals surface area contributed by atoms with Crippen LogP contribution in [0.25, 0.3) is 0 Å². The van der Waals surface area contributed by atoms with E-state index in [0.717, 1.165) is 0 Å². The summed E-state index contributed by atoms with van der Waals surface area (Å²) in [4.78, 5) is 26.1. The van der Waals surface area contributed by atoms with Crippen LogP contribution in [0.4, 0.5) is 11.4 Å². The highest BCUT2D eigenvalue weighted by Gasteiger charge is 2.30. The lowest BCUT2D eigenvalue weighted by Gasteiger charge is -2.37. The quantitative estimate of drug-likeness (QED) is 0.642. The Labute approximate surface area is 124 Å². The minimum absolute atomic E-state index is 0.0182. The molecule has 1 aromatic rings. The molecular formula is C15H21N3O3. The molecule has 0 aliphatic carbocycles. The van der Waals surface area contributed by atoms with E-state index in [1.807, 2.05) is 11.8 Å². The predicted molar refractivity (Wildman–Crippen MR) is 81.2 cm³/mol. The largest absolute Gasteiger partial charge is 0.462 e. The third kappa shape index (κ3) is 3.09. The maximum Gasteiger partial charge on any atom is 0.340 e. The van der Waals surface area contributed by atoms with E-state index in [2.05, 4.69) is 5.32 Å². The van der Waals surface area contributed by atoms with Crippen molar-refractivity contribution in [3.63, 3.8) is 0 Å². The summed E-state index contributed by atoms with van der Waals surface area (Å²) in [6.45, 7) is 5.21. The molecule has 0 aromatic heterocycles. The maximum atomic E-state index is 12.1. The number of carbonyl (C=O) groups is 2. The molecule has 6 heteroatoms. The van der Waals surface area contributed by atoms with Crippen LogP contribution in [0, 0.1) is 0 Å². The molecule has 114 valence electrons. The first-order chi connectivity index (χ1) is 10.1. The average molecular weight is 291 g/mol. The first kappa shape index (κ1) is 15.2. The van der Waals surface area contributed by atoms with Gasteiger partial charge in [0.25, 0.3) is 0 Å². The third-order valence-corrected chi connectivity index (χ3v) is 3.54. The molecule has 1 atom stereocenters. The molecule has 21 heavy (non-hydrogen) atoms. The lowest BCUT2D eigenvalue weighted by molar-refractivity contribution is -0.123. The summed E-state index contributed by atoms with van der Waals surface area (Å²) in [5, 5.41) is 2.85. The van der Waals surface area contributed by atoms with Gasteiger partial charge in [-0.15, -0.1) is 0 Å². The number of rotatable bonds is 4. The molecule has 1 fully saturated rings. The molecule has 0 radical (unpaired) electrons. The molecule has 0 spiro atoms. The van der Waals surface area contributed by atoms with Crippen LogP contribution in [0.5, 0.6) is 0 Å². The number of nitrogen functional groups attached to an aromatic ring is 1. The molecule has 1 saturated heterocycles. The van der Waals surface area contributed by atoms with Crippen LogP contribution in [-0.2, 0) is 9.53 Å². The molecule has 1 aliphatic rings. The number of hydrogen-bond acceptors (Lipinski definition) is 5. The summed E-state index contributed by atoms with van der Waals surface area (Å²) in [6, 6.07) is 4.84. The molecule has 3 N–H and O–H groups in total. The summed E-state index contributed by atoms with van der Waals surface area (Å²) in [5.41, 5.74) is 7.38. The van der Waals surface area contributed by atoms with Gasteiger partial charge in [-0.2, -0.15) is 0 Å². The molecule has 0 saturated carbocycles. The topological polar surface area (TPSA) is 84.7 Å². The van der Waals surface area contributed by atoms with Gasteiger partial charge < -0.3 is 20.7 Å². The number of hydrogen-bond donors (Lipinski definition) is 2. The lowest BCUT2D eigenvalue weighted by atomic mass is 10.0. The van der Waals surface area contributed by atoms with E-state index in [9.17, 15) is 9.59 Å². The fourth-order valence-electron chi connectivity index (χ4n) is 2.59. The van der Waals surface area contributed by atoms with Crippen molar-refractivity contribution >= 4 is 23.3 Å². The van der Waals surface area contributed by atoms with Crippen LogP contribution in [0.2, 0.25) is 0 Å². The number of amides is 1. The molecule has 6 nitrogen and oxygen atoms in total. The second-order valence-corrected chi connectivity index (χ2v) is 4.91. The van der Waals surface area contributed by atoms with E-state index < -0.39 is 5.97 Å². The maximum absolute atomic E-state index is 12.1. The van der Waals surface area contributed by atoms with Crippen LogP contribution in [0.3, 0.4) is 0 Å². The molecule has 0 bridgehead atoms. The Hall–Kier alpha value is -2.24. The summed E-state index contributed by atoms with van der Waals surface area (Å²) in [7, 11) is 0. The van der Waals surface area contributed by atoms with Crippen molar-refractivity contribution in [1.29, 1.82) is 0 Å². The number of ether oxygens (including phenoxy) is 1. The minimum atomic E-state index is -0.416. The minimum Gasteiger partial charge on any atom is -0.462 e. The Bertz CT molecular complexity index is 545. The van der Waals surface area contributed by atoms with Crippen molar-refractivity contribution in [2.75, 3.05) is 30.3 Å². The Morgan fingerprint density at radius 1 is 1.48 bits per heavy atom. The summed E-state index contributed by atoms with van der Waals surface area (Å²) in [5.74, 6) is -0.434. The number of nitrogens with one attached hydrogen (secondary N) is 1. The van der Waals surface area contributed by atoms with Crippen molar-refractivity contribution in [2.45, 2.75) is 26.3 Å². The lowest BCUT2D eigenvalue weighted by Crippen LogP contribution is -2.55. The summed E-state index contributed by atoms with van der Waals surface area (Å²) >= 11 is 0. The number of esters is 1. The van der Waals surface area contributed by atoms with Gasteiger partial charge in [-0.25, -0.2) is 4.79 Å². The van der Waals surface area contributed by atoms with Crippen molar-refractivity contribution in [3.05, 3.63) is 23.8 Å². The van der Waals surface area contributed by atoms with Gasteiger partial charge in [0.15, 0.2) is 0 Å². The highest BCUT2D eigenvalue weighted by atomic mass is 16.5. The van der Waals surface area contributed by atoms with Gasteiger partial charge >= 0.3 is 5.97 Å². The first-order valence-corrected chi connectivity index (χ1v) is 7.19. The van der Waals surface area contributed by atoms with Crippen LogP contribution < -0.4 is 16.0 Å². The second kappa shape index (κ2) is 6.47. The van der Waals surface area contributed by atoms with Crippen molar-refractivity contribution in [1.82, 2.24) is 5.32 Å². The van der Waals surface area contributed by atoms with E-state index >= 15 is 0 Å². The van der Waals surface area contributed by atoms with Crippen molar-refractivity contribution < 1.29 is 14.3 Å². The van der Waals surface area contributed by atoms with E-state index in [4.69, 9.17) is 10.5 Å². The average Bonchev–Trinajstić information content (AvgIpc) is 2.47. The monoisotopic (exact) mass is 291 g/mol. The predicted octanol–water partition coefficient (Wildman–Crippen LogP) is 1.16. The molecule has 1 aromatic carbocycles. The summed E-state index contributed by atoms with van der Waals surface area (Å²) in [6.07, 6.45) is 0.665. The molecule has 1 amide bonds. The SMILES string of the molecule is CCOC(=O)c1cc(N)ccc1N1CCNC(=O)C1CC. The zero-order valence-electron chi connectivity index (χ0n) is 12.4. The highest BCUT2D eigenvalue weighted by molar-refractivity contribution is 5.98. The molecule has 1 aliphatic heterocycles.